The Bertz CT molecular complexity index is 773. The molecule has 0 atom stereocenters. The normalized spacial score (nSPS) is 10.6. The smallest absolute Gasteiger partial charge is 0.259 e. The summed E-state index contributed by atoms with van der Waals surface area (Å²) in [6.07, 6.45) is 1.33. The molecule has 2 aromatic rings. The van der Waals surface area contributed by atoms with Gasteiger partial charge in [-0.05, 0) is 42.8 Å². The quantitative estimate of drug-likeness (QED) is 0.573. The van der Waals surface area contributed by atoms with E-state index in [2.05, 4.69) is 15.8 Å². The van der Waals surface area contributed by atoms with Crippen LogP contribution in [-0.4, -0.2) is 29.7 Å². The lowest BCUT2D eigenvalue weighted by atomic mass is 10.1. The maximum atomic E-state index is 11.8. The molecular weight excluding hydrogens is 330 g/mol. The average molecular weight is 346 g/mol. The van der Waals surface area contributed by atoms with Gasteiger partial charge in [0.25, 0.3) is 11.8 Å². The molecule has 0 spiro atoms. The highest BCUT2D eigenvalue weighted by Crippen LogP contribution is 2.19. The van der Waals surface area contributed by atoms with Crippen LogP contribution in [0.4, 0.5) is 0 Å². The number of hydrogen-bond acceptors (Lipinski definition) is 4. The van der Waals surface area contributed by atoms with Crippen LogP contribution in [0.3, 0.4) is 0 Å². The molecule has 0 aromatic heterocycles. The minimum atomic E-state index is -0.485. The second-order valence-electron chi connectivity index (χ2n) is 5.00. The van der Waals surface area contributed by atoms with E-state index in [0.717, 1.165) is 0 Å². The number of rotatable bonds is 5. The number of carbonyl (C=O) groups is 2. The number of phenols is 1. The lowest BCUT2D eigenvalue weighted by molar-refractivity contribution is -0.120. The Morgan fingerprint density at radius 2 is 1.92 bits per heavy atom. The standard InChI is InChI=1S/C17H16ClN3O3/c1-11-3-2-4-13(16(11)23)9-20-21-15(22)10-19-17(24)12-5-7-14(18)8-6-12/h2-9,23H,10H2,1H3,(H,19,24)(H,21,22). The number of phenolic OH excluding ortho intramolecular Hbond substituents is 1. The molecule has 0 heterocycles. The average Bonchev–Trinajstić information content (AvgIpc) is 2.57. The third-order valence-corrected chi connectivity index (χ3v) is 3.43. The molecule has 0 bridgehead atoms. The van der Waals surface area contributed by atoms with E-state index >= 15 is 0 Å². The molecule has 6 nitrogen and oxygen atoms in total. The van der Waals surface area contributed by atoms with Crippen LogP contribution >= 0.6 is 11.6 Å². The monoisotopic (exact) mass is 345 g/mol. The molecule has 2 amide bonds. The van der Waals surface area contributed by atoms with Crippen LogP contribution in [-0.2, 0) is 4.79 Å². The Hall–Kier alpha value is -2.86. The third-order valence-electron chi connectivity index (χ3n) is 3.18. The Labute approximate surface area is 144 Å². The maximum absolute atomic E-state index is 11.8. The number of hydrazone groups is 1. The van der Waals surface area contributed by atoms with E-state index in [9.17, 15) is 14.7 Å². The molecule has 3 N–H and O–H groups in total. The molecule has 0 aliphatic heterocycles. The number of aromatic hydroxyl groups is 1. The van der Waals surface area contributed by atoms with E-state index in [4.69, 9.17) is 11.6 Å². The Morgan fingerprint density at radius 1 is 1.21 bits per heavy atom. The predicted octanol–water partition coefficient (Wildman–Crippen LogP) is 2.23. The van der Waals surface area contributed by atoms with Gasteiger partial charge in [0.1, 0.15) is 5.75 Å². The largest absolute Gasteiger partial charge is 0.507 e. The summed E-state index contributed by atoms with van der Waals surface area (Å²) in [7, 11) is 0. The summed E-state index contributed by atoms with van der Waals surface area (Å²) < 4.78 is 0. The fraction of sp³-hybridized carbons (Fsp3) is 0.118. The van der Waals surface area contributed by atoms with Gasteiger partial charge in [-0.2, -0.15) is 5.10 Å². The van der Waals surface area contributed by atoms with Crippen LogP contribution in [0.25, 0.3) is 0 Å². The topological polar surface area (TPSA) is 90.8 Å². The fourth-order valence-corrected chi connectivity index (χ4v) is 1.99. The zero-order valence-electron chi connectivity index (χ0n) is 12.9. The first kappa shape index (κ1) is 17.5. The summed E-state index contributed by atoms with van der Waals surface area (Å²) in [5.74, 6) is -0.769. The molecule has 0 aliphatic rings. The fourth-order valence-electron chi connectivity index (χ4n) is 1.86. The van der Waals surface area contributed by atoms with Crippen molar-refractivity contribution in [2.45, 2.75) is 6.92 Å². The number of amides is 2. The van der Waals surface area contributed by atoms with E-state index in [1.807, 2.05) is 0 Å². The first-order chi connectivity index (χ1) is 11.5. The minimum absolute atomic E-state index is 0.103. The van der Waals surface area contributed by atoms with E-state index in [0.29, 0.717) is 21.7 Å². The summed E-state index contributed by atoms with van der Waals surface area (Å²) in [6.45, 7) is 1.54. The second-order valence-corrected chi connectivity index (χ2v) is 5.43. The predicted molar refractivity (Wildman–Crippen MR) is 92.4 cm³/mol. The van der Waals surface area contributed by atoms with Gasteiger partial charge in [0.05, 0.1) is 12.8 Å². The molecule has 0 aliphatic carbocycles. The van der Waals surface area contributed by atoms with E-state index < -0.39 is 5.91 Å². The molecule has 0 radical (unpaired) electrons. The minimum Gasteiger partial charge on any atom is -0.507 e. The van der Waals surface area contributed by atoms with Crippen LogP contribution in [0.1, 0.15) is 21.5 Å². The van der Waals surface area contributed by atoms with Crippen LogP contribution in [0.2, 0.25) is 5.02 Å². The van der Waals surface area contributed by atoms with Gasteiger partial charge in [0.15, 0.2) is 0 Å². The highest BCUT2D eigenvalue weighted by molar-refractivity contribution is 6.30. The van der Waals surface area contributed by atoms with Crippen molar-refractivity contribution in [3.05, 3.63) is 64.2 Å². The Kier molecular flexibility index (Phi) is 5.92. The van der Waals surface area contributed by atoms with E-state index in [-0.39, 0.29) is 18.2 Å². The molecule has 7 heteroatoms. The first-order valence-corrected chi connectivity index (χ1v) is 7.49. The first-order valence-electron chi connectivity index (χ1n) is 7.11. The molecule has 124 valence electrons. The van der Waals surface area contributed by atoms with Gasteiger partial charge in [-0.1, -0.05) is 23.7 Å². The van der Waals surface area contributed by atoms with Gasteiger partial charge in [0, 0.05) is 16.1 Å². The zero-order valence-corrected chi connectivity index (χ0v) is 13.7. The maximum Gasteiger partial charge on any atom is 0.259 e. The third kappa shape index (κ3) is 4.82. The summed E-state index contributed by atoms with van der Waals surface area (Å²) in [6, 6.07) is 11.5. The summed E-state index contributed by atoms with van der Waals surface area (Å²) in [4.78, 5) is 23.5. The van der Waals surface area contributed by atoms with Crippen LogP contribution in [0.15, 0.2) is 47.6 Å². The van der Waals surface area contributed by atoms with Crippen LogP contribution < -0.4 is 10.7 Å². The van der Waals surface area contributed by atoms with Crippen molar-refractivity contribution >= 4 is 29.6 Å². The van der Waals surface area contributed by atoms with Crippen molar-refractivity contribution in [3.8, 4) is 5.75 Å². The summed E-state index contributed by atoms with van der Waals surface area (Å²) in [5, 5.41) is 16.6. The number of aryl methyl sites for hydroxylation is 1. The highest BCUT2D eigenvalue weighted by atomic mass is 35.5. The molecule has 0 saturated heterocycles. The molecule has 0 unspecified atom stereocenters. The summed E-state index contributed by atoms with van der Waals surface area (Å²) in [5.41, 5.74) is 3.88. The number of hydrogen-bond donors (Lipinski definition) is 3. The van der Waals surface area contributed by atoms with Gasteiger partial charge in [-0.15, -0.1) is 0 Å². The van der Waals surface area contributed by atoms with Crippen molar-refractivity contribution in [1.82, 2.24) is 10.7 Å². The van der Waals surface area contributed by atoms with E-state index in [1.165, 1.54) is 6.21 Å². The molecular formula is C17H16ClN3O3. The Balaban J connectivity index is 1.83. The van der Waals surface area contributed by atoms with Gasteiger partial charge in [-0.25, -0.2) is 5.43 Å². The molecule has 2 aromatic carbocycles. The number of carbonyl (C=O) groups excluding carboxylic acids is 2. The van der Waals surface area contributed by atoms with Crippen molar-refractivity contribution in [2.75, 3.05) is 6.54 Å². The SMILES string of the molecule is Cc1cccc(C=NNC(=O)CNC(=O)c2ccc(Cl)cc2)c1O. The lowest BCUT2D eigenvalue weighted by Gasteiger charge is -2.05. The number of nitrogens with zero attached hydrogens (tertiary/aromatic N) is 1. The molecule has 0 fully saturated rings. The number of halogens is 1. The van der Waals surface area contributed by atoms with Crippen molar-refractivity contribution < 1.29 is 14.7 Å². The van der Waals surface area contributed by atoms with Gasteiger partial charge in [-0.3, -0.25) is 9.59 Å². The lowest BCUT2D eigenvalue weighted by Crippen LogP contribution is -2.34. The zero-order chi connectivity index (χ0) is 17.5. The second kappa shape index (κ2) is 8.12. The van der Waals surface area contributed by atoms with Crippen molar-refractivity contribution in [2.24, 2.45) is 5.10 Å². The van der Waals surface area contributed by atoms with Gasteiger partial charge in [0.2, 0.25) is 0 Å². The van der Waals surface area contributed by atoms with Crippen molar-refractivity contribution in [3.63, 3.8) is 0 Å². The molecule has 0 saturated carbocycles. The number of nitrogens with one attached hydrogen (secondary N) is 2. The van der Waals surface area contributed by atoms with E-state index in [1.54, 1.807) is 49.4 Å². The van der Waals surface area contributed by atoms with Gasteiger partial charge < -0.3 is 10.4 Å². The highest BCUT2D eigenvalue weighted by Gasteiger charge is 2.07. The van der Waals surface area contributed by atoms with Crippen LogP contribution in [0, 0.1) is 6.92 Å². The van der Waals surface area contributed by atoms with Crippen LogP contribution in [0.5, 0.6) is 5.75 Å². The molecule has 2 rings (SSSR count). The van der Waals surface area contributed by atoms with Crippen molar-refractivity contribution in [1.29, 1.82) is 0 Å². The van der Waals surface area contributed by atoms with Gasteiger partial charge >= 0.3 is 0 Å². The summed E-state index contributed by atoms with van der Waals surface area (Å²) >= 11 is 5.74. The number of benzene rings is 2. The number of para-hydroxylation sites is 1. The Morgan fingerprint density at radius 3 is 2.62 bits per heavy atom. The molecule has 24 heavy (non-hydrogen) atoms.